The third-order valence-corrected chi connectivity index (χ3v) is 2.85. The molecule has 4 nitrogen and oxygen atoms in total. The van der Waals surface area contributed by atoms with Crippen molar-refractivity contribution in [3.63, 3.8) is 0 Å². The third kappa shape index (κ3) is 3.77. The van der Waals surface area contributed by atoms with Crippen molar-refractivity contribution in [2.75, 3.05) is 0 Å². The van der Waals surface area contributed by atoms with Gasteiger partial charge in [-0.3, -0.25) is 9.78 Å². The zero-order chi connectivity index (χ0) is 13.7. The van der Waals surface area contributed by atoms with Crippen LogP contribution in [0.25, 0.3) is 0 Å². The highest BCUT2D eigenvalue weighted by molar-refractivity contribution is 6.35. The standard InChI is InChI=1S/C13H9Cl2N3O/c14-11-1-2-12(15)10(7-11)8-17-18-13(19)9-3-5-16-6-4-9/h1-8H,(H,18,19)/b17-8+. The van der Waals surface area contributed by atoms with Gasteiger partial charge in [0, 0.05) is 33.6 Å². The third-order valence-electron chi connectivity index (χ3n) is 2.27. The molecule has 1 aromatic carbocycles. The largest absolute Gasteiger partial charge is 0.271 e. The van der Waals surface area contributed by atoms with Crippen molar-refractivity contribution in [3.05, 3.63) is 63.9 Å². The van der Waals surface area contributed by atoms with Crippen LogP contribution in [-0.4, -0.2) is 17.1 Å². The quantitative estimate of drug-likeness (QED) is 0.698. The Labute approximate surface area is 120 Å². The van der Waals surface area contributed by atoms with Gasteiger partial charge in [0.2, 0.25) is 0 Å². The molecule has 2 aromatic rings. The zero-order valence-electron chi connectivity index (χ0n) is 9.68. The number of benzene rings is 1. The van der Waals surface area contributed by atoms with Crippen LogP contribution in [0.1, 0.15) is 15.9 Å². The predicted molar refractivity (Wildman–Crippen MR) is 75.8 cm³/mol. The Morgan fingerprint density at radius 2 is 1.95 bits per heavy atom. The highest BCUT2D eigenvalue weighted by atomic mass is 35.5. The summed E-state index contributed by atoms with van der Waals surface area (Å²) in [5.41, 5.74) is 3.50. The van der Waals surface area contributed by atoms with E-state index in [1.165, 1.54) is 18.6 Å². The zero-order valence-corrected chi connectivity index (χ0v) is 11.2. The minimum Gasteiger partial charge on any atom is -0.267 e. The predicted octanol–water partition coefficient (Wildman–Crippen LogP) is 3.15. The number of halogens is 2. The second kappa shape index (κ2) is 6.31. The lowest BCUT2D eigenvalue weighted by Gasteiger charge is -2.00. The molecule has 0 radical (unpaired) electrons. The average molecular weight is 294 g/mol. The van der Waals surface area contributed by atoms with E-state index in [0.29, 0.717) is 21.2 Å². The Balaban J connectivity index is 2.04. The number of pyridine rings is 1. The van der Waals surface area contributed by atoms with E-state index < -0.39 is 0 Å². The molecule has 6 heteroatoms. The number of carbonyl (C=O) groups excluding carboxylic acids is 1. The van der Waals surface area contributed by atoms with Gasteiger partial charge in [-0.05, 0) is 30.3 Å². The van der Waals surface area contributed by atoms with Crippen LogP contribution in [0.5, 0.6) is 0 Å². The van der Waals surface area contributed by atoms with Gasteiger partial charge in [-0.25, -0.2) is 5.43 Å². The molecule has 0 saturated heterocycles. The van der Waals surface area contributed by atoms with Crippen LogP contribution >= 0.6 is 23.2 Å². The number of nitrogens with zero attached hydrogens (tertiary/aromatic N) is 2. The smallest absolute Gasteiger partial charge is 0.267 e. The Hall–Kier alpha value is -1.91. The van der Waals surface area contributed by atoms with Gasteiger partial charge in [0.05, 0.1) is 6.21 Å². The molecule has 1 heterocycles. The highest BCUT2D eigenvalue weighted by Crippen LogP contribution is 2.18. The summed E-state index contributed by atoms with van der Waals surface area (Å²) in [7, 11) is 0. The molecular weight excluding hydrogens is 285 g/mol. The van der Waals surface area contributed by atoms with E-state index in [0.717, 1.165) is 0 Å². The summed E-state index contributed by atoms with van der Waals surface area (Å²) in [5.74, 6) is -0.322. The fourth-order valence-electron chi connectivity index (χ4n) is 1.34. The van der Waals surface area contributed by atoms with Gasteiger partial charge in [-0.1, -0.05) is 23.2 Å². The molecule has 0 atom stereocenters. The molecular formula is C13H9Cl2N3O. The molecule has 19 heavy (non-hydrogen) atoms. The molecule has 0 aliphatic rings. The number of hydrogen-bond donors (Lipinski definition) is 1. The molecule has 0 aliphatic heterocycles. The second-order valence-corrected chi connectivity index (χ2v) is 4.44. The number of carbonyl (C=O) groups is 1. The number of amides is 1. The van der Waals surface area contributed by atoms with Crippen LogP contribution in [0, 0.1) is 0 Å². The first-order chi connectivity index (χ1) is 9.16. The maximum absolute atomic E-state index is 11.7. The van der Waals surface area contributed by atoms with Crippen molar-refractivity contribution in [1.29, 1.82) is 0 Å². The number of rotatable bonds is 3. The summed E-state index contributed by atoms with van der Waals surface area (Å²) in [6.07, 6.45) is 4.51. The van der Waals surface area contributed by atoms with Crippen molar-refractivity contribution in [1.82, 2.24) is 10.4 Å². The first-order valence-electron chi connectivity index (χ1n) is 5.35. The van der Waals surface area contributed by atoms with E-state index in [1.807, 2.05) is 0 Å². The van der Waals surface area contributed by atoms with Crippen molar-refractivity contribution < 1.29 is 4.79 Å². The summed E-state index contributed by atoms with van der Waals surface area (Å²) in [4.78, 5) is 15.5. The molecule has 1 amide bonds. The molecule has 0 unspecified atom stereocenters. The van der Waals surface area contributed by atoms with E-state index in [2.05, 4.69) is 15.5 Å². The van der Waals surface area contributed by atoms with E-state index in [-0.39, 0.29) is 5.91 Å². The summed E-state index contributed by atoms with van der Waals surface area (Å²) in [5, 5.41) is 4.89. The highest BCUT2D eigenvalue weighted by Gasteiger charge is 2.02. The first-order valence-corrected chi connectivity index (χ1v) is 6.11. The van der Waals surface area contributed by atoms with Gasteiger partial charge in [0.25, 0.3) is 5.91 Å². The summed E-state index contributed by atoms with van der Waals surface area (Å²) < 4.78 is 0. The van der Waals surface area contributed by atoms with Gasteiger partial charge in [-0.2, -0.15) is 5.10 Å². The van der Waals surface area contributed by atoms with Crippen molar-refractivity contribution >= 4 is 35.3 Å². The maximum Gasteiger partial charge on any atom is 0.271 e. The van der Waals surface area contributed by atoms with Crippen LogP contribution in [0.2, 0.25) is 10.0 Å². The Morgan fingerprint density at radius 3 is 2.68 bits per heavy atom. The lowest BCUT2D eigenvalue weighted by Crippen LogP contribution is -2.17. The monoisotopic (exact) mass is 293 g/mol. The fraction of sp³-hybridized carbons (Fsp3) is 0. The Morgan fingerprint density at radius 1 is 1.21 bits per heavy atom. The Kier molecular flexibility index (Phi) is 4.49. The average Bonchev–Trinajstić information content (AvgIpc) is 2.43. The van der Waals surface area contributed by atoms with Gasteiger partial charge >= 0.3 is 0 Å². The minimum absolute atomic E-state index is 0.322. The number of hydrogen-bond acceptors (Lipinski definition) is 3. The van der Waals surface area contributed by atoms with Gasteiger partial charge in [0.15, 0.2) is 0 Å². The number of hydrazone groups is 1. The summed E-state index contributed by atoms with van der Waals surface area (Å²) >= 11 is 11.8. The second-order valence-electron chi connectivity index (χ2n) is 3.60. The number of nitrogens with one attached hydrogen (secondary N) is 1. The summed E-state index contributed by atoms with van der Waals surface area (Å²) in [6.45, 7) is 0. The molecule has 0 aliphatic carbocycles. The lowest BCUT2D eigenvalue weighted by atomic mass is 10.2. The van der Waals surface area contributed by atoms with Crippen molar-refractivity contribution in [2.24, 2.45) is 5.10 Å². The van der Waals surface area contributed by atoms with Gasteiger partial charge in [0.1, 0.15) is 0 Å². The molecule has 0 saturated carbocycles. The van der Waals surface area contributed by atoms with E-state index in [4.69, 9.17) is 23.2 Å². The topological polar surface area (TPSA) is 54.4 Å². The normalized spacial score (nSPS) is 10.6. The molecule has 1 N–H and O–H groups in total. The lowest BCUT2D eigenvalue weighted by molar-refractivity contribution is 0.0955. The van der Waals surface area contributed by atoms with Crippen LogP contribution in [-0.2, 0) is 0 Å². The van der Waals surface area contributed by atoms with Gasteiger partial charge in [-0.15, -0.1) is 0 Å². The van der Waals surface area contributed by atoms with Crippen LogP contribution in [0.15, 0.2) is 47.8 Å². The molecule has 0 fully saturated rings. The van der Waals surface area contributed by atoms with Crippen LogP contribution in [0.3, 0.4) is 0 Å². The molecule has 0 bridgehead atoms. The SMILES string of the molecule is O=C(N/N=C/c1cc(Cl)ccc1Cl)c1ccncc1. The fourth-order valence-corrected chi connectivity index (χ4v) is 1.69. The van der Waals surface area contributed by atoms with E-state index in [1.54, 1.807) is 30.3 Å². The number of aromatic nitrogens is 1. The first kappa shape index (κ1) is 13.5. The minimum atomic E-state index is -0.322. The maximum atomic E-state index is 11.7. The van der Waals surface area contributed by atoms with Crippen molar-refractivity contribution in [2.45, 2.75) is 0 Å². The summed E-state index contributed by atoms with van der Waals surface area (Å²) in [6, 6.07) is 8.19. The van der Waals surface area contributed by atoms with E-state index >= 15 is 0 Å². The molecule has 0 spiro atoms. The van der Waals surface area contributed by atoms with Crippen LogP contribution in [0.4, 0.5) is 0 Å². The molecule has 2 rings (SSSR count). The molecule has 1 aromatic heterocycles. The molecule has 96 valence electrons. The van der Waals surface area contributed by atoms with Gasteiger partial charge < -0.3 is 0 Å². The van der Waals surface area contributed by atoms with Crippen LogP contribution < -0.4 is 5.43 Å². The van der Waals surface area contributed by atoms with E-state index in [9.17, 15) is 4.79 Å². The van der Waals surface area contributed by atoms with Crippen molar-refractivity contribution in [3.8, 4) is 0 Å². The Bertz CT molecular complexity index is 615.